The average molecular weight is 370 g/mol. The first-order chi connectivity index (χ1) is 12.7. The highest BCUT2D eigenvalue weighted by atomic mass is 35.5. The third-order valence-electron chi connectivity index (χ3n) is 3.90. The van der Waals surface area contributed by atoms with Crippen LogP contribution in [0, 0.1) is 0 Å². The molecule has 0 aliphatic carbocycles. The van der Waals surface area contributed by atoms with Crippen LogP contribution < -0.4 is 15.9 Å². The molecule has 0 amide bonds. The van der Waals surface area contributed by atoms with E-state index >= 15 is 0 Å². The van der Waals surface area contributed by atoms with Crippen LogP contribution in [0.15, 0.2) is 58.8 Å². The smallest absolute Gasteiger partial charge is 0.209 e. The Morgan fingerprint density at radius 1 is 1.27 bits per heavy atom. The normalized spacial score (nSPS) is 12.0. The lowest BCUT2D eigenvalue weighted by Gasteiger charge is -2.02. The molecule has 0 bridgehead atoms. The SMILES string of the molecule is COc1cccc2[nH]cc(/C=N/NC(N)=NCCc3ccc(Cl)cc3)c12. The number of hydrogen-bond donors (Lipinski definition) is 3. The number of hydrogen-bond acceptors (Lipinski definition) is 3. The van der Waals surface area contributed by atoms with Gasteiger partial charge in [0.15, 0.2) is 0 Å². The van der Waals surface area contributed by atoms with Gasteiger partial charge in [-0.1, -0.05) is 29.8 Å². The van der Waals surface area contributed by atoms with Crippen LogP contribution in [0.3, 0.4) is 0 Å². The highest BCUT2D eigenvalue weighted by molar-refractivity contribution is 6.30. The van der Waals surface area contributed by atoms with Crippen molar-refractivity contribution in [2.24, 2.45) is 15.8 Å². The van der Waals surface area contributed by atoms with E-state index in [1.807, 2.05) is 48.7 Å². The van der Waals surface area contributed by atoms with Gasteiger partial charge < -0.3 is 15.5 Å². The second kappa shape index (κ2) is 8.40. The molecule has 0 atom stereocenters. The van der Waals surface area contributed by atoms with E-state index in [9.17, 15) is 0 Å². The van der Waals surface area contributed by atoms with Gasteiger partial charge in [-0.15, -0.1) is 0 Å². The molecular weight excluding hydrogens is 350 g/mol. The summed E-state index contributed by atoms with van der Waals surface area (Å²) in [6.07, 6.45) is 4.33. The number of benzene rings is 2. The van der Waals surface area contributed by atoms with Crippen LogP contribution in [0.1, 0.15) is 11.1 Å². The summed E-state index contributed by atoms with van der Waals surface area (Å²) in [5.74, 6) is 1.05. The first kappa shape index (κ1) is 17.8. The maximum absolute atomic E-state index is 5.87. The third kappa shape index (κ3) is 4.34. The van der Waals surface area contributed by atoms with E-state index in [4.69, 9.17) is 22.1 Å². The molecule has 6 nitrogen and oxygen atoms in total. The number of H-pyrrole nitrogens is 1. The van der Waals surface area contributed by atoms with Gasteiger partial charge in [0.25, 0.3) is 0 Å². The number of fused-ring (bicyclic) bond motifs is 1. The van der Waals surface area contributed by atoms with Crippen molar-refractivity contribution in [1.82, 2.24) is 10.4 Å². The van der Waals surface area contributed by atoms with Gasteiger partial charge in [-0.3, -0.25) is 4.99 Å². The summed E-state index contributed by atoms with van der Waals surface area (Å²) in [7, 11) is 1.65. The summed E-state index contributed by atoms with van der Waals surface area (Å²) in [4.78, 5) is 7.45. The number of aromatic nitrogens is 1. The van der Waals surface area contributed by atoms with E-state index in [-0.39, 0.29) is 5.96 Å². The zero-order chi connectivity index (χ0) is 18.4. The van der Waals surface area contributed by atoms with E-state index in [0.717, 1.165) is 39.2 Å². The van der Waals surface area contributed by atoms with Crippen molar-refractivity contribution in [1.29, 1.82) is 0 Å². The Morgan fingerprint density at radius 3 is 2.85 bits per heavy atom. The van der Waals surface area contributed by atoms with Crippen molar-refractivity contribution in [3.8, 4) is 5.75 Å². The van der Waals surface area contributed by atoms with Gasteiger partial charge >= 0.3 is 0 Å². The maximum atomic E-state index is 5.87. The number of rotatable bonds is 6. The van der Waals surface area contributed by atoms with E-state index in [1.54, 1.807) is 13.3 Å². The van der Waals surface area contributed by atoms with Crippen LogP contribution in [0.4, 0.5) is 0 Å². The molecule has 0 radical (unpaired) electrons. The monoisotopic (exact) mass is 369 g/mol. The molecule has 2 aromatic carbocycles. The number of aromatic amines is 1. The fraction of sp³-hybridized carbons (Fsp3) is 0.158. The minimum Gasteiger partial charge on any atom is -0.496 e. The van der Waals surface area contributed by atoms with Crippen LogP contribution in [-0.2, 0) is 6.42 Å². The van der Waals surface area contributed by atoms with E-state index in [1.165, 1.54) is 0 Å². The summed E-state index contributed by atoms with van der Waals surface area (Å²) in [5, 5.41) is 5.85. The molecule has 7 heteroatoms. The zero-order valence-corrected chi connectivity index (χ0v) is 15.1. The molecule has 3 rings (SSSR count). The van der Waals surface area contributed by atoms with E-state index < -0.39 is 0 Å². The summed E-state index contributed by atoms with van der Waals surface area (Å²) >= 11 is 5.87. The highest BCUT2D eigenvalue weighted by Crippen LogP contribution is 2.27. The first-order valence-electron chi connectivity index (χ1n) is 8.15. The number of ether oxygens (including phenoxy) is 1. The third-order valence-corrected chi connectivity index (χ3v) is 4.15. The Labute approximate surface area is 156 Å². The number of guanidine groups is 1. The van der Waals surface area contributed by atoms with Crippen LogP contribution in [0.2, 0.25) is 5.02 Å². The van der Waals surface area contributed by atoms with E-state index in [2.05, 4.69) is 20.5 Å². The number of nitrogens with two attached hydrogens (primary N) is 1. The van der Waals surface area contributed by atoms with Gasteiger partial charge in [-0.05, 0) is 36.2 Å². The second-order valence-corrected chi connectivity index (χ2v) is 6.08. The Morgan fingerprint density at radius 2 is 2.08 bits per heavy atom. The molecule has 0 fully saturated rings. The summed E-state index contributed by atoms with van der Waals surface area (Å²) in [5.41, 5.74) is 11.6. The van der Waals surface area contributed by atoms with Crippen LogP contribution >= 0.6 is 11.6 Å². The molecule has 4 N–H and O–H groups in total. The van der Waals surface area contributed by atoms with Gasteiger partial charge in [0.2, 0.25) is 5.96 Å². The van der Waals surface area contributed by atoms with Crippen molar-refractivity contribution in [3.05, 3.63) is 64.8 Å². The van der Waals surface area contributed by atoms with Crippen molar-refractivity contribution < 1.29 is 4.74 Å². The lowest BCUT2D eigenvalue weighted by atomic mass is 10.1. The molecule has 3 aromatic rings. The van der Waals surface area contributed by atoms with Crippen LogP contribution in [0.25, 0.3) is 10.9 Å². The molecule has 134 valence electrons. The molecule has 0 unspecified atom stereocenters. The van der Waals surface area contributed by atoms with Crippen molar-refractivity contribution in [2.75, 3.05) is 13.7 Å². The Balaban J connectivity index is 1.58. The average Bonchev–Trinajstić information content (AvgIpc) is 3.07. The predicted molar refractivity (Wildman–Crippen MR) is 107 cm³/mol. The number of nitrogens with zero attached hydrogens (tertiary/aromatic N) is 2. The molecule has 0 aliphatic heterocycles. The van der Waals surface area contributed by atoms with E-state index in [0.29, 0.717) is 6.54 Å². The van der Waals surface area contributed by atoms with Gasteiger partial charge in [0.05, 0.1) is 18.7 Å². The van der Waals surface area contributed by atoms with Crippen LogP contribution in [0.5, 0.6) is 5.75 Å². The predicted octanol–water partition coefficient (Wildman–Crippen LogP) is 3.31. The van der Waals surface area contributed by atoms with Gasteiger partial charge in [-0.25, -0.2) is 5.43 Å². The standard InChI is InChI=1S/C19H20ClN5O/c1-26-17-4-2-3-16-18(17)14(11-23-16)12-24-25-19(21)22-10-9-13-5-7-15(20)8-6-13/h2-8,11-12,23H,9-10H2,1H3,(H3,21,22,25)/b24-12+. The largest absolute Gasteiger partial charge is 0.496 e. The molecule has 26 heavy (non-hydrogen) atoms. The fourth-order valence-electron chi connectivity index (χ4n) is 2.61. The topological polar surface area (TPSA) is 87.8 Å². The molecule has 0 spiro atoms. The minimum atomic E-state index is 0.266. The number of hydrazone groups is 1. The van der Waals surface area contributed by atoms with Crippen LogP contribution in [-0.4, -0.2) is 30.8 Å². The summed E-state index contributed by atoms with van der Waals surface area (Å²) < 4.78 is 5.40. The molecule has 1 aromatic heterocycles. The molecule has 1 heterocycles. The molecular formula is C19H20ClN5O. The lowest BCUT2D eigenvalue weighted by Crippen LogP contribution is -2.27. The number of halogens is 1. The number of aliphatic imine (C=N–C) groups is 1. The number of nitrogens with one attached hydrogen (secondary N) is 2. The first-order valence-corrected chi connectivity index (χ1v) is 8.52. The van der Waals surface area contributed by atoms with Gasteiger partial charge in [0, 0.05) is 28.8 Å². The van der Waals surface area contributed by atoms with Crippen molar-refractivity contribution >= 4 is 34.7 Å². The van der Waals surface area contributed by atoms with Gasteiger partial charge in [0.1, 0.15) is 5.75 Å². The quantitative estimate of drug-likeness (QED) is 0.354. The second-order valence-electron chi connectivity index (χ2n) is 5.64. The molecule has 0 saturated heterocycles. The summed E-state index contributed by atoms with van der Waals surface area (Å²) in [6, 6.07) is 13.5. The Bertz CT molecular complexity index is 931. The minimum absolute atomic E-state index is 0.266. The Hall–Kier alpha value is -2.99. The molecule has 0 saturated carbocycles. The fourth-order valence-corrected chi connectivity index (χ4v) is 2.73. The van der Waals surface area contributed by atoms with Crippen molar-refractivity contribution in [3.63, 3.8) is 0 Å². The highest BCUT2D eigenvalue weighted by Gasteiger charge is 2.07. The molecule has 0 aliphatic rings. The lowest BCUT2D eigenvalue weighted by molar-refractivity contribution is 0.420. The summed E-state index contributed by atoms with van der Waals surface area (Å²) in [6.45, 7) is 0.566. The zero-order valence-electron chi connectivity index (χ0n) is 14.4. The Kier molecular flexibility index (Phi) is 5.76. The number of methoxy groups -OCH3 is 1. The van der Waals surface area contributed by atoms with Crippen molar-refractivity contribution in [2.45, 2.75) is 6.42 Å². The van der Waals surface area contributed by atoms with Gasteiger partial charge in [-0.2, -0.15) is 5.10 Å². The maximum Gasteiger partial charge on any atom is 0.209 e.